The number of amides is 2. The summed E-state index contributed by atoms with van der Waals surface area (Å²) >= 11 is 6.00. The quantitative estimate of drug-likeness (QED) is 0.314. The number of hydrogen-bond donors (Lipinski definition) is 1. The maximum Gasteiger partial charge on any atom is 0.282 e. The highest BCUT2D eigenvalue weighted by Crippen LogP contribution is 2.28. The second-order valence-corrected chi connectivity index (χ2v) is 8.83. The maximum atomic E-state index is 13.5. The lowest BCUT2D eigenvalue weighted by molar-refractivity contribution is -0.113. The summed E-state index contributed by atoms with van der Waals surface area (Å²) in [6, 6.07) is 31.3. The molecule has 0 saturated carbocycles. The summed E-state index contributed by atoms with van der Waals surface area (Å²) in [5.41, 5.74) is 4.90. The highest BCUT2D eigenvalue weighted by atomic mass is 35.5. The number of benzene rings is 4. The van der Waals surface area contributed by atoms with Gasteiger partial charge < -0.3 is 5.32 Å². The van der Waals surface area contributed by atoms with Gasteiger partial charge in [0, 0.05) is 21.8 Å². The van der Waals surface area contributed by atoms with Crippen molar-refractivity contribution in [2.45, 2.75) is 6.92 Å². The Labute approximate surface area is 214 Å². The second-order valence-electron chi connectivity index (χ2n) is 8.39. The van der Waals surface area contributed by atoms with Crippen molar-refractivity contribution in [3.63, 3.8) is 0 Å². The number of nitrogens with zero attached hydrogens (tertiary/aromatic N) is 2. The molecule has 6 heteroatoms. The summed E-state index contributed by atoms with van der Waals surface area (Å²) < 4.78 is 0. The van der Waals surface area contributed by atoms with Crippen molar-refractivity contribution in [3.05, 3.63) is 136 Å². The minimum atomic E-state index is -0.249. The molecular formula is C30H22ClN3O2. The number of aryl methyl sites for hydroxylation is 1. The van der Waals surface area contributed by atoms with Crippen LogP contribution in [0.1, 0.15) is 27.0 Å². The number of amidine groups is 1. The average molecular weight is 492 g/mol. The van der Waals surface area contributed by atoms with Crippen LogP contribution in [-0.2, 0) is 4.79 Å². The van der Waals surface area contributed by atoms with Gasteiger partial charge in [-0.15, -0.1) is 0 Å². The van der Waals surface area contributed by atoms with E-state index in [1.54, 1.807) is 47.4 Å². The summed E-state index contributed by atoms with van der Waals surface area (Å²) in [4.78, 5) is 32.5. The van der Waals surface area contributed by atoms with Gasteiger partial charge in [0.15, 0.2) is 0 Å². The monoisotopic (exact) mass is 491 g/mol. The highest BCUT2D eigenvalue weighted by Gasteiger charge is 2.32. The fourth-order valence-electron chi connectivity index (χ4n) is 3.86. The first-order valence-corrected chi connectivity index (χ1v) is 11.8. The Bertz CT molecular complexity index is 1470. The van der Waals surface area contributed by atoms with E-state index in [0.717, 1.165) is 22.4 Å². The molecule has 1 aliphatic heterocycles. The molecule has 4 aromatic carbocycles. The maximum absolute atomic E-state index is 13.5. The number of aliphatic imine (C=N–C) groups is 1. The van der Waals surface area contributed by atoms with Crippen LogP contribution in [0.15, 0.2) is 114 Å². The van der Waals surface area contributed by atoms with Crippen LogP contribution < -0.4 is 10.2 Å². The fourth-order valence-corrected chi connectivity index (χ4v) is 3.98. The SMILES string of the molecule is Cc1ccc(NC(=O)c2ccc(N3C(=O)/C(=C/c4ccc(Cl)cc4)N=C3c3ccccc3)cc2)cc1. The third-order valence-corrected chi connectivity index (χ3v) is 6.01. The van der Waals surface area contributed by atoms with E-state index >= 15 is 0 Å². The zero-order valence-corrected chi connectivity index (χ0v) is 20.2. The Morgan fingerprint density at radius 1 is 0.861 bits per heavy atom. The molecule has 0 saturated heterocycles. The molecule has 5 rings (SSSR count). The molecule has 0 bridgehead atoms. The smallest absolute Gasteiger partial charge is 0.282 e. The van der Waals surface area contributed by atoms with Crippen LogP contribution in [0, 0.1) is 6.92 Å². The van der Waals surface area contributed by atoms with Crippen LogP contribution >= 0.6 is 11.6 Å². The van der Waals surface area contributed by atoms with Crippen LogP contribution in [-0.4, -0.2) is 17.6 Å². The van der Waals surface area contributed by atoms with E-state index in [1.807, 2.05) is 73.7 Å². The van der Waals surface area contributed by atoms with E-state index in [1.165, 1.54) is 0 Å². The lowest BCUT2D eigenvalue weighted by atomic mass is 10.1. The molecule has 0 aromatic heterocycles. The summed E-state index contributed by atoms with van der Waals surface area (Å²) in [6.45, 7) is 1.99. The highest BCUT2D eigenvalue weighted by molar-refractivity contribution is 6.33. The number of anilines is 2. The van der Waals surface area contributed by atoms with Crippen molar-refractivity contribution in [1.29, 1.82) is 0 Å². The van der Waals surface area contributed by atoms with Gasteiger partial charge in [-0.3, -0.25) is 14.5 Å². The average Bonchev–Trinajstić information content (AvgIpc) is 3.23. The molecular weight excluding hydrogens is 470 g/mol. The summed E-state index contributed by atoms with van der Waals surface area (Å²) in [7, 11) is 0. The number of nitrogens with one attached hydrogen (secondary N) is 1. The van der Waals surface area contributed by atoms with E-state index in [4.69, 9.17) is 11.6 Å². The first-order valence-electron chi connectivity index (χ1n) is 11.4. The molecule has 4 aromatic rings. The molecule has 1 aliphatic rings. The predicted octanol–water partition coefficient (Wildman–Crippen LogP) is 6.74. The number of hydrogen-bond acceptors (Lipinski definition) is 3. The summed E-state index contributed by atoms with van der Waals surface area (Å²) in [5.74, 6) is 0.0526. The Morgan fingerprint density at radius 3 is 2.19 bits per heavy atom. The molecule has 176 valence electrons. The predicted molar refractivity (Wildman–Crippen MR) is 145 cm³/mol. The number of halogens is 1. The molecule has 5 nitrogen and oxygen atoms in total. The molecule has 0 radical (unpaired) electrons. The van der Waals surface area contributed by atoms with E-state index in [2.05, 4.69) is 10.3 Å². The Morgan fingerprint density at radius 2 is 1.53 bits per heavy atom. The second kappa shape index (κ2) is 10.0. The van der Waals surface area contributed by atoms with E-state index in [9.17, 15) is 9.59 Å². The molecule has 1 N–H and O–H groups in total. The molecule has 2 amide bonds. The number of carbonyl (C=O) groups excluding carboxylic acids is 2. The lowest BCUT2D eigenvalue weighted by Gasteiger charge is -2.19. The van der Waals surface area contributed by atoms with Gasteiger partial charge >= 0.3 is 0 Å². The minimum Gasteiger partial charge on any atom is -0.322 e. The van der Waals surface area contributed by atoms with Gasteiger partial charge in [0.05, 0.1) is 5.69 Å². The third-order valence-electron chi connectivity index (χ3n) is 5.76. The Balaban J connectivity index is 1.44. The molecule has 0 unspecified atom stereocenters. The zero-order valence-electron chi connectivity index (χ0n) is 19.5. The summed E-state index contributed by atoms with van der Waals surface area (Å²) in [5, 5.41) is 3.52. The van der Waals surface area contributed by atoms with Gasteiger partial charge in [0.25, 0.3) is 11.8 Å². The van der Waals surface area contributed by atoms with Gasteiger partial charge in [-0.2, -0.15) is 0 Å². The first kappa shape index (κ1) is 23.3. The minimum absolute atomic E-state index is 0.224. The van der Waals surface area contributed by atoms with Crippen molar-refractivity contribution in [2.24, 2.45) is 4.99 Å². The molecule has 36 heavy (non-hydrogen) atoms. The molecule has 0 spiro atoms. The van der Waals surface area contributed by atoms with Crippen molar-refractivity contribution < 1.29 is 9.59 Å². The van der Waals surface area contributed by atoms with Crippen LogP contribution in [0.2, 0.25) is 5.02 Å². The standard InChI is InChI=1S/C30H22ClN3O2/c1-20-7-15-25(16-8-20)32-29(35)23-11-17-26(18-12-23)34-28(22-5-3-2-4-6-22)33-27(30(34)36)19-21-9-13-24(31)14-10-21/h2-19H,1H3,(H,32,35)/b27-19-. The van der Waals surface area contributed by atoms with E-state index in [-0.39, 0.29) is 11.8 Å². The topological polar surface area (TPSA) is 61.8 Å². The van der Waals surface area contributed by atoms with Gasteiger partial charge in [0.1, 0.15) is 11.5 Å². The zero-order chi connectivity index (χ0) is 25.1. The number of carbonyl (C=O) groups is 2. The van der Waals surface area contributed by atoms with Crippen molar-refractivity contribution in [2.75, 3.05) is 10.2 Å². The first-order chi connectivity index (χ1) is 17.5. The third kappa shape index (κ3) is 4.97. The van der Waals surface area contributed by atoms with Gasteiger partial charge in [0.2, 0.25) is 0 Å². The van der Waals surface area contributed by atoms with Crippen molar-refractivity contribution >= 4 is 46.7 Å². The van der Waals surface area contributed by atoms with E-state index < -0.39 is 0 Å². The van der Waals surface area contributed by atoms with Gasteiger partial charge in [-0.05, 0) is 67.1 Å². The van der Waals surface area contributed by atoms with E-state index in [0.29, 0.717) is 27.8 Å². The Hall–Kier alpha value is -4.48. The molecule has 1 heterocycles. The van der Waals surface area contributed by atoms with Crippen molar-refractivity contribution in [1.82, 2.24) is 0 Å². The van der Waals surface area contributed by atoms with Gasteiger partial charge in [-0.1, -0.05) is 71.8 Å². The summed E-state index contributed by atoms with van der Waals surface area (Å²) in [6.07, 6.45) is 1.74. The normalized spacial score (nSPS) is 14.2. The van der Waals surface area contributed by atoms with Crippen molar-refractivity contribution in [3.8, 4) is 0 Å². The van der Waals surface area contributed by atoms with Gasteiger partial charge in [-0.25, -0.2) is 4.99 Å². The van der Waals surface area contributed by atoms with Crippen LogP contribution in [0.4, 0.5) is 11.4 Å². The lowest BCUT2D eigenvalue weighted by Crippen LogP contribution is -2.32. The number of rotatable bonds is 5. The fraction of sp³-hybridized carbons (Fsp3) is 0.0333. The van der Waals surface area contributed by atoms with Crippen LogP contribution in [0.3, 0.4) is 0 Å². The molecule has 0 atom stereocenters. The largest absolute Gasteiger partial charge is 0.322 e. The molecule has 0 aliphatic carbocycles. The van der Waals surface area contributed by atoms with Crippen LogP contribution in [0.25, 0.3) is 6.08 Å². The van der Waals surface area contributed by atoms with Crippen LogP contribution in [0.5, 0.6) is 0 Å². The molecule has 0 fully saturated rings. The Kier molecular flexibility index (Phi) is 6.48.